The van der Waals surface area contributed by atoms with E-state index in [-0.39, 0.29) is 6.79 Å². The van der Waals surface area contributed by atoms with Crippen LogP contribution in [-0.2, 0) is 0 Å². The van der Waals surface area contributed by atoms with E-state index in [9.17, 15) is 4.79 Å². The molecule has 0 unspecified atom stereocenters. The van der Waals surface area contributed by atoms with Gasteiger partial charge in [0.25, 0.3) is 0 Å². The van der Waals surface area contributed by atoms with Crippen LogP contribution in [0.2, 0.25) is 0 Å². The fraction of sp³-hybridized carbons (Fsp3) is 0.222. The SMILES string of the molecule is COc1cc2c(c(Br)c1C=O)OCO2. The van der Waals surface area contributed by atoms with Crippen molar-refractivity contribution in [3.8, 4) is 17.2 Å². The number of aldehydes is 1. The fourth-order valence-corrected chi connectivity index (χ4v) is 1.87. The highest BCUT2D eigenvalue weighted by Gasteiger charge is 2.22. The molecule has 0 N–H and O–H groups in total. The summed E-state index contributed by atoms with van der Waals surface area (Å²) < 4.78 is 16.0. The van der Waals surface area contributed by atoms with Gasteiger partial charge in [-0.3, -0.25) is 4.79 Å². The summed E-state index contributed by atoms with van der Waals surface area (Å²) in [6, 6.07) is 1.64. The first-order valence-electron chi connectivity index (χ1n) is 3.89. The average Bonchev–Trinajstić information content (AvgIpc) is 2.65. The summed E-state index contributed by atoms with van der Waals surface area (Å²) in [5.74, 6) is 1.60. The molecule has 1 aliphatic heterocycles. The summed E-state index contributed by atoms with van der Waals surface area (Å²) in [5.41, 5.74) is 0.428. The first-order valence-corrected chi connectivity index (χ1v) is 4.68. The molecule has 74 valence electrons. The molecule has 1 aromatic carbocycles. The highest BCUT2D eigenvalue weighted by atomic mass is 79.9. The zero-order valence-corrected chi connectivity index (χ0v) is 8.96. The third-order valence-corrected chi connectivity index (χ3v) is 2.73. The maximum absolute atomic E-state index is 10.8. The van der Waals surface area contributed by atoms with Crippen LogP contribution in [0.3, 0.4) is 0 Å². The van der Waals surface area contributed by atoms with Gasteiger partial charge >= 0.3 is 0 Å². The Hall–Kier alpha value is -1.23. The second-order valence-electron chi connectivity index (χ2n) is 2.66. The van der Waals surface area contributed by atoms with E-state index in [0.717, 1.165) is 0 Å². The number of fused-ring (bicyclic) bond motifs is 1. The zero-order chi connectivity index (χ0) is 10.1. The largest absolute Gasteiger partial charge is 0.496 e. The van der Waals surface area contributed by atoms with Crippen molar-refractivity contribution in [2.45, 2.75) is 0 Å². The smallest absolute Gasteiger partial charge is 0.231 e. The number of carbonyl (C=O) groups excluding carboxylic acids is 1. The van der Waals surface area contributed by atoms with Gasteiger partial charge in [-0.1, -0.05) is 0 Å². The third kappa shape index (κ3) is 1.24. The summed E-state index contributed by atoms with van der Waals surface area (Å²) in [6.07, 6.45) is 0.713. The predicted octanol–water partition coefficient (Wildman–Crippen LogP) is 2.00. The lowest BCUT2D eigenvalue weighted by molar-refractivity contribution is 0.111. The molecule has 1 heterocycles. The van der Waals surface area contributed by atoms with Crippen molar-refractivity contribution in [1.82, 2.24) is 0 Å². The maximum Gasteiger partial charge on any atom is 0.231 e. The van der Waals surface area contributed by atoms with Crippen LogP contribution in [0.25, 0.3) is 0 Å². The molecule has 0 saturated heterocycles. The first-order chi connectivity index (χ1) is 6.77. The van der Waals surface area contributed by atoms with Crippen molar-refractivity contribution in [3.63, 3.8) is 0 Å². The molecule has 1 aromatic rings. The molecule has 0 amide bonds. The van der Waals surface area contributed by atoms with E-state index in [1.807, 2.05) is 0 Å². The minimum atomic E-state index is 0.166. The number of ether oxygens (including phenoxy) is 3. The van der Waals surface area contributed by atoms with Crippen LogP contribution >= 0.6 is 15.9 Å². The van der Waals surface area contributed by atoms with Crippen LogP contribution in [0.15, 0.2) is 10.5 Å². The van der Waals surface area contributed by atoms with Gasteiger partial charge in [0, 0.05) is 6.07 Å². The molecule has 0 fully saturated rings. The molecule has 0 aliphatic carbocycles. The normalized spacial score (nSPS) is 12.7. The monoisotopic (exact) mass is 258 g/mol. The summed E-state index contributed by atoms with van der Waals surface area (Å²) in [6.45, 7) is 0.166. The Morgan fingerprint density at radius 3 is 3.00 bits per heavy atom. The van der Waals surface area contributed by atoms with Gasteiger partial charge < -0.3 is 14.2 Å². The standard InChI is InChI=1S/C9H7BrO4/c1-12-6-2-7-9(14-4-13-7)8(10)5(6)3-11/h2-3H,4H2,1H3. The summed E-state index contributed by atoms with van der Waals surface area (Å²) in [7, 11) is 1.50. The average molecular weight is 259 g/mol. The van der Waals surface area contributed by atoms with Crippen molar-refractivity contribution in [2.24, 2.45) is 0 Å². The molecule has 0 spiro atoms. The number of carbonyl (C=O) groups is 1. The second-order valence-corrected chi connectivity index (χ2v) is 3.45. The lowest BCUT2D eigenvalue weighted by Crippen LogP contribution is -1.93. The molecule has 4 nitrogen and oxygen atoms in total. The van der Waals surface area contributed by atoms with Gasteiger partial charge in [0.2, 0.25) is 6.79 Å². The molecule has 14 heavy (non-hydrogen) atoms. The molecule has 1 aliphatic rings. The summed E-state index contributed by atoms with van der Waals surface area (Å²) in [5, 5.41) is 0. The molecule has 0 atom stereocenters. The van der Waals surface area contributed by atoms with Gasteiger partial charge in [-0.05, 0) is 15.9 Å². The molecule has 0 aromatic heterocycles. The van der Waals surface area contributed by atoms with Crippen molar-refractivity contribution in [3.05, 3.63) is 16.1 Å². The van der Waals surface area contributed by atoms with Crippen LogP contribution in [-0.4, -0.2) is 20.2 Å². The highest BCUT2D eigenvalue weighted by Crippen LogP contribution is 2.44. The Kier molecular flexibility index (Phi) is 2.33. The van der Waals surface area contributed by atoms with Gasteiger partial charge in [-0.25, -0.2) is 0 Å². The van der Waals surface area contributed by atoms with Gasteiger partial charge in [0.15, 0.2) is 17.8 Å². The lowest BCUT2D eigenvalue weighted by atomic mass is 10.2. The van der Waals surface area contributed by atoms with Gasteiger partial charge in [0.1, 0.15) is 5.75 Å². The highest BCUT2D eigenvalue weighted by molar-refractivity contribution is 9.10. The van der Waals surface area contributed by atoms with Gasteiger partial charge in [-0.2, -0.15) is 0 Å². The number of methoxy groups -OCH3 is 1. The molecule has 0 bridgehead atoms. The van der Waals surface area contributed by atoms with E-state index in [1.165, 1.54) is 7.11 Å². The Morgan fingerprint density at radius 2 is 2.36 bits per heavy atom. The molecule has 0 saturated carbocycles. The number of benzene rings is 1. The third-order valence-electron chi connectivity index (χ3n) is 1.94. The fourth-order valence-electron chi connectivity index (χ4n) is 1.27. The minimum Gasteiger partial charge on any atom is -0.496 e. The van der Waals surface area contributed by atoms with Crippen molar-refractivity contribution in [1.29, 1.82) is 0 Å². The number of rotatable bonds is 2. The van der Waals surface area contributed by atoms with Crippen molar-refractivity contribution in [2.75, 3.05) is 13.9 Å². The van der Waals surface area contributed by atoms with E-state index in [1.54, 1.807) is 6.07 Å². The summed E-state index contributed by atoms with van der Waals surface area (Å²) in [4.78, 5) is 10.8. The van der Waals surface area contributed by atoms with Gasteiger partial charge in [-0.15, -0.1) is 0 Å². The van der Waals surface area contributed by atoms with Crippen LogP contribution in [0.4, 0.5) is 0 Å². The minimum absolute atomic E-state index is 0.166. The Bertz CT molecular complexity index is 389. The van der Waals surface area contributed by atoms with Crippen LogP contribution < -0.4 is 14.2 Å². The van der Waals surface area contributed by atoms with E-state index in [2.05, 4.69) is 15.9 Å². The molecular weight excluding hydrogens is 252 g/mol. The summed E-state index contributed by atoms with van der Waals surface area (Å²) >= 11 is 3.27. The molecule has 0 radical (unpaired) electrons. The predicted molar refractivity (Wildman–Crippen MR) is 52.2 cm³/mol. The van der Waals surface area contributed by atoms with Crippen LogP contribution in [0, 0.1) is 0 Å². The van der Waals surface area contributed by atoms with Crippen LogP contribution in [0.5, 0.6) is 17.2 Å². The quantitative estimate of drug-likeness (QED) is 0.762. The van der Waals surface area contributed by atoms with E-state index in [4.69, 9.17) is 14.2 Å². The zero-order valence-electron chi connectivity index (χ0n) is 7.37. The molecule has 2 rings (SSSR count). The maximum atomic E-state index is 10.8. The van der Waals surface area contributed by atoms with E-state index in [0.29, 0.717) is 33.6 Å². The van der Waals surface area contributed by atoms with Crippen molar-refractivity contribution >= 4 is 22.2 Å². The second kappa shape index (κ2) is 3.49. The molecule has 5 heteroatoms. The van der Waals surface area contributed by atoms with Gasteiger partial charge in [0.05, 0.1) is 17.1 Å². The van der Waals surface area contributed by atoms with Crippen LogP contribution in [0.1, 0.15) is 10.4 Å². The Balaban J connectivity index is 2.65. The topological polar surface area (TPSA) is 44.8 Å². The Morgan fingerprint density at radius 1 is 1.57 bits per heavy atom. The lowest BCUT2D eigenvalue weighted by Gasteiger charge is -2.07. The molecular formula is C9H7BrO4. The number of hydrogen-bond donors (Lipinski definition) is 0. The number of halogens is 1. The Labute approximate surface area is 88.9 Å². The van der Waals surface area contributed by atoms with E-state index >= 15 is 0 Å². The van der Waals surface area contributed by atoms with E-state index < -0.39 is 0 Å². The first kappa shape index (κ1) is 9.33. The number of hydrogen-bond acceptors (Lipinski definition) is 4. The van der Waals surface area contributed by atoms with Crippen molar-refractivity contribution < 1.29 is 19.0 Å².